The Bertz CT molecular complexity index is 575. The Morgan fingerprint density at radius 2 is 2.18 bits per heavy atom. The van der Waals surface area contributed by atoms with Gasteiger partial charge in [-0.3, -0.25) is 9.88 Å². The Labute approximate surface area is 131 Å². The van der Waals surface area contributed by atoms with Crippen LogP contribution in [0.5, 0.6) is 0 Å². The normalized spacial score (nSPS) is 18.5. The zero-order valence-corrected chi connectivity index (χ0v) is 13.3. The predicted octanol–water partition coefficient (Wildman–Crippen LogP) is 2.69. The fourth-order valence-corrected chi connectivity index (χ4v) is 3.01. The molecule has 2 aromatic rings. The van der Waals surface area contributed by atoms with E-state index in [2.05, 4.69) is 39.4 Å². The number of piperidine rings is 1. The molecular formula is C17H24N4O. The average Bonchev–Trinajstić information content (AvgIpc) is 2.97. The lowest BCUT2D eigenvalue weighted by molar-refractivity contribution is 0.183. The van der Waals surface area contributed by atoms with Crippen LogP contribution in [0.4, 0.5) is 0 Å². The van der Waals surface area contributed by atoms with Crippen LogP contribution >= 0.6 is 0 Å². The maximum absolute atomic E-state index is 5.15. The van der Waals surface area contributed by atoms with Gasteiger partial charge in [-0.25, -0.2) is 0 Å². The van der Waals surface area contributed by atoms with Gasteiger partial charge in [0.25, 0.3) is 0 Å². The summed E-state index contributed by atoms with van der Waals surface area (Å²) in [6.45, 7) is 7.25. The van der Waals surface area contributed by atoms with E-state index < -0.39 is 0 Å². The molecule has 1 aliphatic heterocycles. The molecule has 1 unspecified atom stereocenters. The Kier molecular flexibility index (Phi) is 4.85. The number of nitrogens with zero attached hydrogens (tertiary/aromatic N) is 3. The highest BCUT2D eigenvalue weighted by molar-refractivity contribution is 5.08. The maximum atomic E-state index is 5.15. The second-order valence-corrected chi connectivity index (χ2v) is 6.12. The topological polar surface area (TPSA) is 54.2 Å². The molecule has 1 fully saturated rings. The molecule has 1 atom stereocenters. The van der Waals surface area contributed by atoms with Crippen LogP contribution in [-0.4, -0.2) is 34.2 Å². The van der Waals surface area contributed by atoms with Gasteiger partial charge in [0.2, 0.25) is 0 Å². The van der Waals surface area contributed by atoms with Gasteiger partial charge in [-0.15, -0.1) is 0 Å². The van der Waals surface area contributed by atoms with E-state index in [0.29, 0.717) is 6.04 Å². The zero-order chi connectivity index (χ0) is 15.4. The third-order valence-electron chi connectivity index (χ3n) is 4.27. The lowest BCUT2D eigenvalue weighted by Gasteiger charge is -2.33. The molecule has 3 heterocycles. The summed E-state index contributed by atoms with van der Waals surface area (Å²) >= 11 is 0. The molecule has 5 heteroatoms. The molecule has 1 saturated heterocycles. The van der Waals surface area contributed by atoms with E-state index in [-0.39, 0.29) is 6.04 Å². The molecular weight excluding hydrogens is 276 g/mol. The highest BCUT2D eigenvalue weighted by Gasteiger charge is 2.22. The molecule has 5 nitrogen and oxygen atoms in total. The summed E-state index contributed by atoms with van der Waals surface area (Å²) in [6, 6.07) is 8.91. The lowest BCUT2D eigenvalue weighted by Crippen LogP contribution is -2.43. The fraction of sp³-hybridized carbons (Fsp3) is 0.529. The number of hydrogen-bond donors (Lipinski definition) is 1. The van der Waals surface area contributed by atoms with Crippen molar-refractivity contribution >= 4 is 0 Å². The highest BCUT2D eigenvalue weighted by Crippen LogP contribution is 2.18. The fourth-order valence-electron chi connectivity index (χ4n) is 3.01. The van der Waals surface area contributed by atoms with Crippen LogP contribution in [0.25, 0.3) is 0 Å². The summed E-state index contributed by atoms with van der Waals surface area (Å²) in [7, 11) is 0. The van der Waals surface area contributed by atoms with E-state index in [1.54, 1.807) is 0 Å². The Morgan fingerprint density at radius 1 is 1.36 bits per heavy atom. The second kappa shape index (κ2) is 7.03. The minimum atomic E-state index is 0.241. The van der Waals surface area contributed by atoms with Crippen molar-refractivity contribution in [3.63, 3.8) is 0 Å². The van der Waals surface area contributed by atoms with Crippen molar-refractivity contribution in [1.29, 1.82) is 0 Å². The van der Waals surface area contributed by atoms with Crippen molar-refractivity contribution in [2.24, 2.45) is 0 Å². The molecule has 0 aliphatic carbocycles. The van der Waals surface area contributed by atoms with Crippen LogP contribution in [-0.2, 0) is 6.54 Å². The summed E-state index contributed by atoms with van der Waals surface area (Å²) in [4.78, 5) is 6.88. The Balaban J connectivity index is 1.45. The largest absolute Gasteiger partial charge is 0.361 e. The molecule has 0 spiro atoms. The number of aryl methyl sites for hydroxylation is 1. The Hall–Kier alpha value is -1.72. The SMILES string of the molecule is Cc1cc(C(C)NC2CCN(Cc3ccccn3)CC2)no1. The first kappa shape index (κ1) is 15.2. The maximum Gasteiger partial charge on any atom is 0.133 e. The molecule has 0 saturated carbocycles. The van der Waals surface area contributed by atoms with Crippen molar-refractivity contribution in [3.05, 3.63) is 47.6 Å². The summed E-state index contributed by atoms with van der Waals surface area (Å²) in [5.74, 6) is 0.869. The first-order valence-electron chi connectivity index (χ1n) is 8.02. The van der Waals surface area contributed by atoms with Crippen LogP contribution < -0.4 is 5.32 Å². The first-order valence-corrected chi connectivity index (χ1v) is 8.02. The molecule has 1 aliphatic rings. The minimum absolute atomic E-state index is 0.241. The zero-order valence-electron chi connectivity index (χ0n) is 13.3. The van der Waals surface area contributed by atoms with Gasteiger partial charge in [-0.2, -0.15) is 0 Å². The molecule has 0 amide bonds. The van der Waals surface area contributed by atoms with Crippen LogP contribution in [0.2, 0.25) is 0 Å². The standard InChI is InChI=1S/C17H24N4O/c1-13-11-17(20-22-13)14(2)19-15-6-9-21(10-7-15)12-16-5-3-4-8-18-16/h3-5,8,11,14-15,19H,6-7,9-10,12H2,1-2H3. The van der Waals surface area contributed by atoms with Crippen molar-refractivity contribution in [2.45, 2.75) is 45.3 Å². The Morgan fingerprint density at radius 3 is 2.82 bits per heavy atom. The molecule has 0 bridgehead atoms. The number of pyridine rings is 1. The van der Waals surface area contributed by atoms with E-state index in [9.17, 15) is 0 Å². The van der Waals surface area contributed by atoms with Gasteiger partial charge in [-0.1, -0.05) is 11.2 Å². The quantitative estimate of drug-likeness (QED) is 0.920. The molecule has 22 heavy (non-hydrogen) atoms. The van der Waals surface area contributed by atoms with E-state index in [1.807, 2.05) is 25.3 Å². The third kappa shape index (κ3) is 3.93. The van der Waals surface area contributed by atoms with Gasteiger partial charge in [0.05, 0.1) is 11.7 Å². The number of likely N-dealkylation sites (tertiary alicyclic amines) is 1. The second-order valence-electron chi connectivity index (χ2n) is 6.12. The monoisotopic (exact) mass is 300 g/mol. The van der Waals surface area contributed by atoms with Crippen molar-refractivity contribution in [1.82, 2.24) is 20.4 Å². The molecule has 0 aromatic carbocycles. The van der Waals surface area contributed by atoms with Gasteiger partial charge in [0.15, 0.2) is 0 Å². The van der Waals surface area contributed by atoms with Crippen LogP contribution in [0.3, 0.4) is 0 Å². The summed E-state index contributed by atoms with van der Waals surface area (Å²) in [5.41, 5.74) is 2.15. The number of nitrogens with one attached hydrogen (secondary N) is 1. The van der Waals surface area contributed by atoms with Crippen LogP contribution in [0, 0.1) is 6.92 Å². The third-order valence-corrected chi connectivity index (χ3v) is 4.27. The van der Waals surface area contributed by atoms with Crippen molar-refractivity contribution in [2.75, 3.05) is 13.1 Å². The van der Waals surface area contributed by atoms with Crippen LogP contribution in [0.1, 0.15) is 43.0 Å². The highest BCUT2D eigenvalue weighted by atomic mass is 16.5. The number of rotatable bonds is 5. The summed E-state index contributed by atoms with van der Waals surface area (Å²) in [6.07, 6.45) is 4.19. The van der Waals surface area contributed by atoms with Gasteiger partial charge in [-0.05, 0) is 38.8 Å². The molecule has 0 radical (unpaired) electrons. The predicted molar refractivity (Wildman–Crippen MR) is 85.3 cm³/mol. The lowest BCUT2D eigenvalue weighted by atomic mass is 10.0. The van der Waals surface area contributed by atoms with Crippen molar-refractivity contribution in [3.8, 4) is 0 Å². The van der Waals surface area contributed by atoms with E-state index in [0.717, 1.165) is 49.6 Å². The number of aromatic nitrogens is 2. The summed E-state index contributed by atoms with van der Waals surface area (Å²) < 4.78 is 5.15. The molecule has 3 rings (SSSR count). The van der Waals surface area contributed by atoms with Gasteiger partial charge in [0.1, 0.15) is 11.5 Å². The first-order chi connectivity index (χ1) is 10.7. The number of hydrogen-bond acceptors (Lipinski definition) is 5. The minimum Gasteiger partial charge on any atom is -0.361 e. The summed E-state index contributed by atoms with van der Waals surface area (Å²) in [5, 5.41) is 7.76. The molecule has 1 N–H and O–H groups in total. The van der Waals surface area contributed by atoms with Gasteiger partial charge >= 0.3 is 0 Å². The molecule has 2 aromatic heterocycles. The van der Waals surface area contributed by atoms with Crippen LogP contribution in [0.15, 0.2) is 35.0 Å². The molecule has 118 valence electrons. The van der Waals surface area contributed by atoms with Gasteiger partial charge < -0.3 is 9.84 Å². The van der Waals surface area contributed by atoms with Crippen molar-refractivity contribution < 1.29 is 4.52 Å². The van der Waals surface area contributed by atoms with E-state index in [4.69, 9.17) is 4.52 Å². The van der Waals surface area contributed by atoms with Gasteiger partial charge in [0, 0.05) is 37.9 Å². The van der Waals surface area contributed by atoms with E-state index >= 15 is 0 Å². The van der Waals surface area contributed by atoms with E-state index in [1.165, 1.54) is 0 Å². The average molecular weight is 300 g/mol. The smallest absolute Gasteiger partial charge is 0.133 e.